The number of aromatic nitrogens is 2. The van der Waals surface area contributed by atoms with Gasteiger partial charge in [0.25, 0.3) is 0 Å². The molecule has 0 N–H and O–H groups in total. The molecule has 0 saturated carbocycles. The molecule has 150 valence electrons. The highest BCUT2D eigenvalue weighted by Crippen LogP contribution is 2.40. The summed E-state index contributed by atoms with van der Waals surface area (Å²) in [5.41, 5.74) is 5.96. The average molecular weight is 492 g/mol. The zero-order chi connectivity index (χ0) is 20.9. The zero-order valence-corrected chi connectivity index (χ0v) is 19.7. The van der Waals surface area contributed by atoms with Gasteiger partial charge < -0.3 is 4.90 Å². The molecule has 1 aromatic carbocycles. The number of nitriles is 1. The van der Waals surface area contributed by atoms with Gasteiger partial charge in [0.1, 0.15) is 5.65 Å². The summed E-state index contributed by atoms with van der Waals surface area (Å²) in [6, 6.07) is 8.27. The molecule has 1 aliphatic rings. The molecule has 4 nitrogen and oxygen atoms in total. The van der Waals surface area contributed by atoms with Crippen molar-refractivity contribution in [2.45, 2.75) is 33.6 Å². The first-order valence-electron chi connectivity index (χ1n) is 9.60. The summed E-state index contributed by atoms with van der Waals surface area (Å²) in [5, 5.41) is 11.5. The van der Waals surface area contributed by atoms with Gasteiger partial charge in [-0.15, -0.1) is 0 Å². The van der Waals surface area contributed by atoms with Crippen LogP contribution in [0, 0.1) is 38.0 Å². The van der Waals surface area contributed by atoms with E-state index < -0.39 is 0 Å². The van der Waals surface area contributed by atoms with Gasteiger partial charge in [0, 0.05) is 45.9 Å². The number of hydrogen-bond acceptors (Lipinski definition) is 3. The van der Waals surface area contributed by atoms with Crippen LogP contribution in [0.2, 0.25) is 10.0 Å². The number of piperidine rings is 1. The van der Waals surface area contributed by atoms with Gasteiger partial charge in [-0.3, -0.25) is 4.57 Å². The SMILES string of the molecule is Cc1cc(N2CCC(C#N)CC2)c2c(C)c(C)n(-c3c(Cl)cc(Br)cc3Cl)c2n1. The minimum atomic E-state index is 0.150. The number of fused-ring (bicyclic) bond motifs is 1. The van der Waals surface area contributed by atoms with Gasteiger partial charge in [0.2, 0.25) is 0 Å². The van der Waals surface area contributed by atoms with Gasteiger partial charge in [-0.05, 0) is 57.4 Å². The standard InChI is InChI=1S/C22H21BrCl2N4/c1-12-8-19(28-6-4-15(11-26)5-7-28)20-13(2)14(3)29(22(20)27-12)21-17(24)9-16(23)10-18(21)25/h8-10,15H,4-7H2,1-3H3. The van der Waals surface area contributed by atoms with Crippen molar-refractivity contribution in [3.05, 3.63) is 49.7 Å². The highest BCUT2D eigenvalue weighted by atomic mass is 79.9. The van der Waals surface area contributed by atoms with Crippen LogP contribution in [0.4, 0.5) is 5.69 Å². The third-order valence-electron chi connectivity index (χ3n) is 5.80. The fraction of sp³-hybridized carbons (Fsp3) is 0.364. The lowest BCUT2D eigenvalue weighted by atomic mass is 9.97. The van der Waals surface area contributed by atoms with E-state index in [4.69, 9.17) is 28.2 Å². The van der Waals surface area contributed by atoms with Gasteiger partial charge in [-0.2, -0.15) is 5.26 Å². The Labute approximate surface area is 189 Å². The molecule has 0 aliphatic carbocycles. The highest BCUT2D eigenvalue weighted by Gasteiger charge is 2.25. The Kier molecular flexibility index (Phi) is 5.54. The molecular weight excluding hydrogens is 471 g/mol. The van der Waals surface area contributed by atoms with Gasteiger partial charge in [0.05, 0.1) is 21.8 Å². The first kappa shape index (κ1) is 20.5. The minimum absolute atomic E-state index is 0.150. The van der Waals surface area contributed by atoms with Crippen LogP contribution in [0.5, 0.6) is 0 Å². The van der Waals surface area contributed by atoms with Crippen molar-refractivity contribution in [3.63, 3.8) is 0 Å². The van der Waals surface area contributed by atoms with E-state index in [0.717, 1.165) is 58.5 Å². The lowest BCUT2D eigenvalue weighted by Gasteiger charge is -2.32. The fourth-order valence-electron chi connectivity index (χ4n) is 4.19. The number of pyridine rings is 1. The third kappa shape index (κ3) is 3.52. The van der Waals surface area contributed by atoms with Crippen LogP contribution in [-0.4, -0.2) is 22.6 Å². The molecule has 3 aromatic rings. The molecule has 0 amide bonds. The Morgan fingerprint density at radius 2 is 1.72 bits per heavy atom. The predicted octanol–water partition coefficient (Wildman–Crippen LogP) is 6.76. The summed E-state index contributed by atoms with van der Waals surface area (Å²) >= 11 is 16.7. The first-order valence-corrected chi connectivity index (χ1v) is 11.2. The maximum atomic E-state index is 9.23. The molecule has 1 saturated heterocycles. The lowest BCUT2D eigenvalue weighted by molar-refractivity contribution is 0.488. The van der Waals surface area contributed by atoms with Crippen molar-refractivity contribution < 1.29 is 0 Å². The van der Waals surface area contributed by atoms with E-state index >= 15 is 0 Å². The van der Waals surface area contributed by atoms with Crippen molar-refractivity contribution >= 4 is 55.9 Å². The van der Waals surface area contributed by atoms with Crippen LogP contribution >= 0.6 is 39.1 Å². The summed E-state index contributed by atoms with van der Waals surface area (Å²) in [5.74, 6) is 0.150. The van der Waals surface area contributed by atoms with Crippen LogP contribution in [0.1, 0.15) is 29.8 Å². The van der Waals surface area contributed by atoms with Gasteiger partial charge in [-0.1, -0.05) is 39.1 Å². The number of anilines is 1. The second-order valence-corrected chi connectivity index (χ2v) is 9.37. The number of nitrogens with zero attached hydrogens (tertiary/aromatic N) is 4. The molecule has 0 spiro atoms. The summed E-state index contributed by atoms with van der Waals surface area (Å²) < 4.78 is 2.91. The number of rotatable bonds is 2. The zero-order valence-electron chi connectivity index (χ0n) is 16.6. The number of hydrogen-bond donors (Lipinski definition) is 0. The number of aryl methyl sites for hydroxylation is 2. The van der Waals surface area contributed by atoms with Gasteiger partial charge in [-0.25, -0.2) is 4.98 Å². The fourth-order valence-corrected chi connectivity index (χ4v) is 5.57. The third-order valence-corrected chi connectivity index (χ3v) is 6.83. The highest BCUT2D eigenvalue weighted by molar-refractivity contribution is 9.10. The van der Waals surface area contributed by atoms with Gasteiger partial charge in [0.15, 0.2) is 0 Å². The Balaban J connectivity index is 1.95. The molecule has 4 rings (SSSR count). The topological polar surface area (TPSA) is 44.9 Å². The quantitative estimate of drug-likeness (QED) is 0.397. The maximum absolute atomic E-state index is 9.23. The minimum Gasteiger partial charge on any atom is -0.371 e. The second-order valence-electron chi connectivity index (χ2n) is 7.64. The Bertz CT molecular complexity index is 1130. The molecule has 1 fully saturated rings. The second kappa shape index (κ2) is 7.83. The Hall–Kier alpha value is -1.74. The first-order chi connectivity index (χ1) is 13.8. The van der Waals surface area contributed by atoms with Crippen molar-refractivity contribution in [1.82, 2.24) is 9.55 Å². The average Bonchev–Trinajstić information content (AvgIpc) is 2.92. The Morgan fingerprint density at radius 3 is 2.31 bits per heavy atom. The van der Waals surface area contributed by atoms with Gasteiger partial charge >= 0.3 is 0 Å². The normalized spacial score (nSPS) is 15.1. The largest absolute Gasteiger partial charge is 0.371 e. The summed E-state index contributed by atoms with van der Waals surface area (Å²) in [4.78, 5) is 7.26. The van der Waals surface area contributed by atoms with E-state index in [0.29, 0.717) is 10.0 Å². The smallest absolute Gasteiger partial charge is 0.147 e. The van der Waals surface area contributed by atoms with Crippen molar-refractivity contribution in [2.24, 2.45) is 5.92 Å². The monoisotopic (exact) mass is 490 g/mol. The van der Waals surface area contributed by atoms with E-state index in [1.54, 1.807) is 0 Å². The van der Waals surface area contributed by atoms with Crippen LogP contribution in [0.15, 0.2) is 22.7 Å². The predicted molar refractivity (Wildman–Crippen MR) is 124 cm³/mol. The van der Waals surface area contributed by atoms with Crippen LogP contribution < -0.4 is 4.90 Å². The van der Waals surface area contributed by atoms with E-state index in [-0.39, 0.29) is 5.92 Å². The molecule has 7 heteroatoms. The lowest BCUT2D eigenvalue weighted by Crippen LogP contribution is -2.33. The Morgan fingerprint density at radius 1 is 1.10 bits per heavy atom. The molecule has 0 unspecified atom stereocenters. The molecule has 2 aromatic heterocycles. The van der Waals surface area contributed by atoms with E-state index in [1.165, 1.54) is 11.3 Å². The van der Waals surface area contributed by atoms with Crippen LogP contribution in [-0.2, 0) is 0 Å². The molecular formula is C22H21BrCl2N4. The molecule has 1 aliphatic heterocycles. The van der Waals surface area contributed by atoms with Crippen LogP contribution in [0.3, 0.4) is 0 Å². The summed E-state index contributed by atoms with van der Waals surface area (Å²) in [6.45, 7) is 7.96. The number of benzene rings is 1. The van der Waals surface area contributed by atoms with E-state index in [1.807, 2.05) is 19.1 Å². The summed E-state index contributed by atoms with van der Waals surface area (Å²) in [7, 11) is 0. The molecule has 29 heavy (non-hydrogen) atoms. The molecule has 0 radical (unpaired) electrons. The van der Waals surface area contributed by atoms with E-state index in [2.05, 4.69) is 51.4 Å². The van der Waals surface area contributed by atoms with Crippen LogP contribution in [0.25, 0.3) is 16.7 Å². The summed E-state index contributed by atoms with van der Waals surface area (Å²) in [6.07, 6.45) is 1.78. The molecule has 3 heterocycles. The number of halogens is 3. The molecule has 0 atom stereocenters. The maximum Gasteiger partial charge on any atom is 0.147 e. The molecule has 0 bridgehead atoms. The van der Waals surface area contributed by atoms with E-state index in [9.17, 15) is 5.26 Å². The van der Waals surface area contributed by atoms with Crippen molar-refractivity contribution in [1.29, 1.82) is 5.26 Å². The van der Waals surface area contributed by atoms with Crippen molar-refractivity contribution in [2.75, 3.05) is 18.0 Å². The van der Waals surface area contributed by atoms with Crippen molar-refractivity contribution in [3.8, 4) is 11.8 Å².